The molecule has 1 saturated heterocycles. The van der Waals surface area contributed by atoms with Crippen molar-refractivity contribution in [3.05, 3.63) is 0 Å². The van der Waals surface area contributed by atoms with Crippen molar-refractivity contribution in [2.45, 2.75) is 69.6 Å². The zero-order valence-electron chi connectivity index (χ0n) is 14.5. The summed E-state index contributed by atoms with van der Waals surface area (Å²) in [6.45, 7) is 2.93. The van der Waals surface area contributed by atoms with E-state index >= 15 is 0 Å². The van der Waals surface area contributed by atoms with E-state index in [1.807, 2.05) is 0 Å². The van der Waals surface area contributed by atoms with E-state index in [1.54, 1.807) is 14.0 Å². The van der Waals surface area contributed by atoms with Crippen LogP contribution in [0.25, 0.3) is 0 Å². The fraction of sp³-hybridized carbons (Fsp3) is 0.882. The van der Waals surface area contributed by atoms with Gasteiger partial charge >= 0.3 is 5.97 Å². The quantitative estimate of drug-likeness (QED) is 0.697. The minimum atomic E-state index is -0.829. The zero-order valence-corrected chi connectivity index (χ0v) is 14.5. The van der Waals surface area contributed by atoms with Crippen LogP contribution in [0.2, 0.25) is 0 Å². The Balaban J connectivity index is 1.92. The van der Waals surface area contributed by atoms with E-state index in [2.05, 4.69) is 0 Å². The average molecular weight is 327 g/mol. The van der Waals surface area contributed by atoms with Gasteiger partial charge in [0.05, 0.1) is 19.8 Å². The first-order valence-corrected chi connectivity index (χ1v) is 8.60. The smallest absolute Gasteiger partial charge is 0.331 e. The molecule has 1 heterocycles. The van der Waals surface area contributed by atoms with E-state index in [9.17, 15) is 9.59 Å². The van der Waals surface area contributed by atoms with Gasteiger partial charge < -0.3 is 19.1 Å². The standard InChI is InChI=1S/C17H29NO5/c1-13(23-12-14-8-4-7-11-22-14)15(19)18(2)17(16(20)21-3)9-5-6-10-17/h13-14H,4-12H2,1-3H3/t13-,14+/m0/s1. The third-order valence-corrected chi connectivity index (χ3v) is 5.12. The first-order valence-electron chi connectivity index (χ1n) is 8.60. The monoisotopic (exact) mass is 327 g/mol. The highest BCUT2D eigenvalue weighted by Gasteiger charge is 2.48. The molecule has 1 amide bonds. The minimum Gasteiger partial charge on any atom is -0.467 e. The van der Waals surface area contributed by atoms with Crippen molar-refractivity contribution in [3.63, 3.8) is 0 Å². The second kappa shape index (κ2) is 8.11. The second-order valence-electron chi connectivity index (χ2n) is 6.59. The van der Waals surface area contributed by atoms with Crippen LogP contribution in [0, 0.1) is 0 Å². The maximum atomic E-state index is 12.7. The van der Waals surface area contributed by atoms with Crippen molar-refractivity contribution in [3.8, 4) is 0 Å². The molecule has 2 fully saturated rings. The molecule has 0 radical (unpaired) electrons. The highest BCUT2D eigenvalue weighted by Crippen LogP contribution is 2.36. The molecule has 0 aromatic carbocycles. The van der Waals surface area contributed by atoms with Gasteiger partial charge in [0.2, 0.25) is 0 Å². The molecular weight excluding hydrogens is 298 g/mol. The highest BCUT2D eigenvalue weighted by atomic mass is 16.5. The average Bonchev–Trinajstić information content (AvgIpc) is 3.09. The number of methoxy groups -OCH3 is 1. The number of esters is 1. The number of ether oxygens (including phenoxy) is 3. The summed E-state index contributed by atoms with van der Waals surface area (Å²) in [5.41, 5.74) is -0.829. The molecule has 1 aliphatic heterocycles. The molecule has 0 bridgehead atoms. The van der Waals surface area contributed by atoms with Gasteiger partial charge in [-0.15, -0.1) is 0 Å². The largest absolute Gasteiger partial charge is 0.467 e. The minimum absolute atomic E-state index is 0.0744. The molecular formula is C17H29NO5. The summed E-state index contributed by atoms with van der Waals surface area (Å²) in [7, 11) is 3.06. The van der Waals surface area contributed by atoms with Crippen molar-refractivity contribution >= 4 is 11.9 Å². The summed E-state index contributed by atoms with van der Waals surface area (Å²) in [4.78, 5) is 26.5. The normalized spacial score (nSPS) is 24.9. The lowest BCUT2D eigenvalue weighted by Crippen LogP contribution is -2.56. The van der Waals surface area contributed by atoms with Gasteiger partial charge in [-0.2, -0.15) is 0 Å². The van der Waals surface area contributed by atoms with Crippen molar-refractivity contribution in [2.24, 2.45) is 0 Å². The number of rotatable bonds is 6. The van der Waals surface area contributed by atoms with E-state index < -0.39 is 11.6 Å². The Morgan fingerprint density at radius 3 is 2.52 bits per heavy atom. The zero-order chi connectivity index (χ0) is 16.9. The molecule has 0 aromatic heterocycles. The Morgan fingerprint density at radius 2 is 1.96 bits per heavy atom. The van der Waals surface area contributed by atoms with Crippen LogP contribution in [0.5, 0.6) is 0 Å². The maximum absolute atomic E-state index is 12.7. The third kappa shape index (κ3) is 4.04. The maximum Gasteiger partial charge on any atom is 0.331 e. The summed E-state index contributed by atoms with van der Waals surface area (Å²) in [6, 6.07) is 0. The fourth-order valence-corrected chi connectivity index (χ4v) is 3.57. The summed E-state index contributed by atoms with van der Waals surface area (Å²) >= 11 is 0. The van der Waals surface area contributed by atoms with Crippen LogP contribution < -0.4 is 0 Å². The number of hydrogen-bond donors (Lipinski definition) is 0. The predicted octanol–water partition coefficient (Wildman–Crippen LogP) is 1.90. The molecule has 6 nitrogen and oxygen atoms in total. The van der Waals surface area contributed by atoms with E-state index in [0.29, 0.717) is 19.4 Å². The van der Waals surface area contributed by atoms with Crippen LogP contribution in [0.4, 0.5) is 0 Å². The van der Waals surface area contributed by atoms with Gasteiger partial charge in [-0.25, -0.2) is 4.79 Å². The Kier molecular flexibility index (Phi) is 6.41. The fourth-order valence-electron chi connectivity index (χ4n) is 3.57. The van der Waals surface area contributed by atoms with Crippen LogP contribution in [-0.2, 0) is 23.8 Å². The van der Waals surface area contributed by atoms with Crippen LogP contribution in [-0.4, -0.2) is 61.9 Å². The Morgan fingerprint density at radius 1 is 1.26 bits per heavy atom. The molecule has 2 atom stereocenters. The van der Waals surface area contributed by atoms with Gasteiger partial charge in [0.1, 0.15) is 11.6 Å². The number of likely N-dealkylation sites (N-methyl/N-ethyl adjacent to an activating group) is 1. The van der Waals surface area contributed by atoms with Gasteiger partial charge in [0, 0.05) is 13.7 Å². The number of hydrogen-bond acceptors (Lipinski definition) is 5. The van der Waals surface area contributed by atoms with Gasteiger partial charge in [0.25, 0.3) is 5.91 Å². The molecule has 6 heteroatoms. The molecule has 0 unspecified atom stereocenters. The molecule has 23 heavy (non-hydrogen) atoms. The van der Waals surface area contributed by atoms with Gasteiger partial charge in [-0.3, -0.25) is 4.79 Å². The van der Waals surface area contributed by atoms with Gasteiger partial charge in [-0.05, 0) is 39.0 Å². The molecule has 0 N–H and O–H groups in total. The molecule has 1 saturated carbocycles. The number of carbonyl (C=O) groups is 2. The lowest BCUT2D eigenvalue weighted by Gasteiger charge is -2.37. The Bertz CT molecular complexity index is 413. The van der Waals surface area contributed by atoms with Gasteiger partial charge in [0.15, 0.2) is 0 Å². The summed E-state index contributed by atoms with van der Waals surface area (Å²) < 4.78 is 16.3. The first-order chi connectivity index (χ1) is 11.0. The number of carbonyl (C=O) groups excluding carboxylic acids is 2. The predicted molar refractivity (Wildman–Crippen MR) is 85.0 cm³/mol. The van der Waals surface area contributed by atoms with Crippen molar-refractivity contribution in [1.82, 2.24) is 4.90 Å². The SMILES string of the molecule is COC(=O)C1(N(C)C(=O)[C@H](C)OC[C@H]2CCCCO2)CCCC1. The molecule has 0 aromatic rings. The molecule has 132 valence electrons. The van der Waals surface area contributed by atoms with Crippen LogP contribution in [0.1, 0.15) is 51.9 Å². The van der Waals surface area contributed by atoms with Crippen LogP contribution in [0.3, 0.4) is 0 Å². The topological polar surface area (TPSA) is 65.1 Å². The van der Waals surface area contributed by atoms with Crippen molar-refractivity contribution in [1.29, 1.82) is 0 Å². The lowest BCUT2D eigenvalue weighted by molar-refractivity contribution is -0.165. The van der Waals surface area contributed by atoms with E-state index in [1.165, 1.54) is 12.0 Å². The number of amides is 1. The van der Waals surface area contributed by atoms with Crippen LogP contribution in [0.15, 0.2) is 0 Å². The summed E-state index contributed by atoms with van der Waals surface area (Å²) in [5.74, 6) is -0.498. The first kappa shape index (κ1) is 18.2. The Labute approximate surface area is 138 Å². The molecule has 2 rings (SSSR count). The van der Waals surface area contributed by atoms with Gasteiger partial charge in [-0.1, -0.05) is 12.8 Å². The lowest BCUT2D eigenvalue weighted by atomic mass is 9.95. The Hall–Kier alpha value is -1.14. The van der Waals surface area contributed by atoms with E-state index in [-0.39, 0.29) is 18.0 Å². The van der Waals surface area contributed by atoms with Crippen LogP contribution >= 0.6 is 0 Å². The van der Waals surface area contributed by atoms with E-state index in [4.69, 9.17) is 14.2 Å². The second-order valence-corrected chi connectivity index (χ2v) is 6.59. The molecule has 2 aliphatic rings. The third-order valence-electron chi connectivity index (χ3n) is 5.12. The highest BCUT2D eigenvalue weighted by molar-refractivity contribution is 5.90. The molecule has 0 spiro atoms. The van der Waals surface area contributed by atoms with E-state index in [0.717, 1.165) is 38.7 Å². The summed E-state index contributed by atoms with van der Waals surface area (Å²) in [5, 5.41) is 0. The molecule has 1 aliphatic carbocycles. The van der Waals surface area contributed by atoms with Crippen molar-refractivity contribution in [2.75, 3.05) is 27.4 Å². The summed E-state index contributed by atoms with van der Waals surface area (Å²) in [6.07, 6.45) is 5.86. The number of nitrogens with zero attached hydrogens (tertiary/aromatic N) is 1. The van der Waals surface area contributed by atoms with Crippen molar-refractivity contribution < 1.29 is 23.8 Å².